The van der Waals surface area contributed by atoms with E-state index < -0.39 is 0 Å². The van der Waals surface area contributed by atoms with Crippen LogP contribution in [0.3, 0.4) is 0 Å². The van der Waals surface area contributed by atoms with Gasteiger partial charge in [-0.2, -0.15) is 0 Å². The molecule has 0 aromatic heterocycles. The Morgan fingerprint density at radius 1 is 1.00 bits per heavy atom. The van der Waals surface area contributed by atoms with Gasteiger partial charge in [0, 0.05) is 29.6 Å². The molecule has 22 heavy (non-hydrogen) atoms. The number of rotatable bonds is 6. The van der Waals surface area contributed by atoms with Gasteiger partial charge in [0.1, 0.15) is 0 Å². The predicted octanol–water partition coefficient (Wildman–Crippen LogP) is 3.77. The molecule has 1 rings (SSSR count). The van der Waals surface area contributed by atoms with E-state index in [2.05, 4.69) is 5.32 Å². The number of carbonyl (C=O) groups excluding carboxylic acids is 2. The standard InChI is InChI=1S/C17H26N2O2S/c1-11(2)19(12(3)4)17(21)13(5)22-16-9-7-15(8-10-16)18-14(6)20/h7-13H,1-6H3,(H,18,20)/t13-/m1/s1. The van der Waals surface area contributed by atoms with E-state index in [1.54, 1.807) is 0 Å². The molecule has 2 amide bonds. The zero-order valence-electron chi connectivity index (χ0n) is 14.2. The highest BCUT2D eigenvalue weighted by atomic mass is 32.2. The molecule has 0 fully saturated rings. The minimum Gasteiger partial charge on any atom is -0.337 e. The molecule has 1 aromatic carbocycles. The molecular weight excluding hydrogens is 296 g/mol. The lowest BCUT2D eigenvalue weighted by atomic mass is 10.2. The smallest absolute Gasteiger partial charge is 0.236 e. The average molecular weight is 322 g/mol. The van der Waals surface area contributed by atoms with E-state index in [-0.39, 0.29) is 29.1 Å². The fraction of sp³-hybridized carbons (Fsp3) is 0.529. The number of hydrogen-bond acceptors (Lipinski definition) is 3. The minimum absolute atomic E-state index is 0.0894. The molecule has 1 atom stereocenters. The van der Waals surface area contributed by atoms with Crippen molar-refractivity contribution in [3.63, 3.8) is 0 Å². The molecule has 1 aromatic rings. The van der Waals surface area contributed by atoms with Gasteiger partial charge in [-0.25, -0.2) is 0 Å². The predicted molar refractivity (Wildman–Crippen MR) is 93.2 cm³/mol. The highest BCUT2D eigenvalue weighted by molar-refractivity contribution is 8.00. The Balaban J connectivity index is 2.73. The van der Waals surface area contributed by atoms with Gasteiger partial charge in [-0.05, 0) is 58.9 Å². The Morgan fingerprint density at radius 2 is 1.50 bits per heavy atom. The van der Waals surface area contributed by atoms with Gasteiger partial charge in [-0.15, -0.1) is 11.8 Å². The summed E-state index contributed by atoms with van der Waals surface area (Å²) in [4.78, 5) is 26.5. The molecular formula is C17H26N2O2S. The molecule has 4 nitrogen and oxygen atoms in total. The fourth-order valence-electron chi connectivity index (χ4n) is 2.39. The lowest BCUT2D eigenvalue weighted by Gasteiger charge is -2.33. The topological polar surface area (TPSA) is 49.4 Å². The van der Waals surface area contributed by atoms with Crippen LogP contribution in [0.5, 0.6) is 0 Å². The van der Waals surface area contributed by atoms with Crippen molar-refractivity contribution in [3.8, 4) is 0 Å². The van der Waals surface area contributed by atoms with Gasteiger partial charge in [0.25, 0.3) is 0 Å². The van der Waals surface area contributed by atoms with Gasteiger partial charge in [0.15, 0.2) is 0 Å². The highest BCUT2D eigenvalue weighted by Gasteiger charge is 2.25. The van der Waals surface area contributed by atoms with Crippen molar-refractivity contribution in [2.24, 2.45) is 0 Å². The van der Waals surface area contributed by atoms with E-state index in [4.69, 9.17) is 0 Å². The third kappa shape index (κ3) is 5.37. The first kappa shape index (κ1) is 18.6. The number of nitrogens with zero attached hydrogens (tertiary/aromatic N) is 1. The summed E-state index contributed by atoms with van der Waals surface area (Å²) in [5.41, 5.74) is 0.766. The number of anilines is 1. The molecule has 0 radical (unpaired) electrons. The average Bonchev–Trinajstić information content (AvgIpc) is 2.39. The number of thioether (sulfide) groups is 1. The van der Waals surface area contributed by atoms with E-state index in [0.717, 1.165) is 10.6 Å². The summed E-state index contributed by atoms with van der Waals surface area (Å²) in [5, 5.41) is 2.59. The lowest BCUT2D eigenvalue weighted by molar-refractivity contribution is -0.133. The number of carbonyl (C=O) groups is 2. The van der Waals surface area contributed by atoms with Gasteiger partial charge in [0.2, 0.25) is 11.8 Å². The summed E-state index contributed by atoms with van der Waals surface area (Å²) in [6.07, 6.45) is 0. The monoisotopic (exact) mass is 322 g/mol. The second kappa shape index (κ2) is 8.22. The highest BCUT2D eigenvalue weighted by Crippen LogP contribution is 2.27. The van der Waals surface area contributed by atoms with Crippen LogP contribution in [0.25, 0.3) is 0 Å². The van der Waals surface area contributed by atoms with Crippen LogP contribution in [0, 0.1) is 0 Å². The normalized spacial score (nSPS) is 12.4. The van der Waals surface area contributed by atoms with Crippen molar-refractivity contribution in [2.75, 3.05) is 5.32 Å². The Morgan fingerprint density at radius 3 is 1.91 bits per heavy atom. The fourth-order valence-corrected chi connectivity index (χ4v) is 3.31. The summed E-state index contributed by atoms with van der Waals surface area (Å²) in [6, 6.07) is 7.94. The zero-order chi connectivity index (χ0) is 16.9. The second-order valence-electron chi connectivity index (χ2n) is 5.90. The molecule has 0 spiro atoms. The van der Waals surface area contributed by atoms with Gasteiger partial charge < -0.3 is 10.2 Å². The molecule has 0 aliphatic heterocycles. The van der Waals surface area contributed by atoms with E-state index >= 15 is 0 Å². The molecule has 0 unspecified atom stereocenters. The van der Waals surface area contributed by atoms with Crippen molar-refractivity contribution >= 4 is 29.3 Å². The number of amides is 2. The molecule has 0 aliphatic carbocycles. The lowest BCUT2D eigenvalue weighted by Crippen LogP contribution is -2.45. The molecule has 5 heteroatoms. The third-order valence-electron chi connectivity index (χ3n) is 3.20. The van der Waals surface area contributed by atoms with Crippen molar-refractivity contribution in [1.29, 1.82) is 0 Å². The molecule has 122 valence electrons. The van der Waals surface area contributed by atoms with Gasteiger partial charge in [-0.1, -0.05) is 0 Å². The van der Waals surface area contributed by atoms with Crippen molar-refractivity contribution < 1.29 is 9.59 Å². The molecule has 1 N–H and O–H groups in total. The maximum Gasteiger partial charge on any atom is 0.236 e. The Bertz CT molecular complexity index is 504. The Labute approximate surface area is 137 Å². The molecule has 0 saturated heterocycles. The quantitative estimate of drug-likeness (QED) is 0.811. The first-order chi connectivity index (χ1) is 10.2. The van der Waals surface area contributed by atoms with E-state index in [1.807, 2.05) is 63.8 Å². The third-order valence-corrected chi connectivity index (χ3v) is 4.30. The van der Waals surface area contributed by atoms with E-state index in [0.29, 0.717) is 0 Å². The van der Waals surface area contributed by atoms with Crippen molar-refractivity contribution in [2.45, 2.75) is 63.8 Å². The van der Waals surface area contributed by atoms with Crippen molar-refractivity contribution in [1.82, 2.24) is 4.90 Å². The van der Waals surface area contributed by atoms with Gasteiger partial charge >= 0.3 is 0 Å². The maximum atomic E-state index is 12.6. The zero-order valence-corrected chi connectivity index (χ0v) is 15.0. The summed E-state index contributed by atoms with van der Waals surface area (Å²) in [5.74, 6) is 0.0643. The van der Waals surface area contributed by atoms with E-state index in [9.17, 15) is 9.59 Å². The molecule has 0 aliphatic rings. The first-order valence-electron chi connectivity index (χ1n) is 7.58. The molecule has 0 heterocycles. The summed E-state index contributed by atoms with van der Waals surface area (Å²) < 4.78 is 0. The minimum atomic E-state index is -0.142. The van der Waals surface area contributed by atoms with E-state index in [1.165, 1.54) is 18.7 Å². The number of nitrogens with one attached hydrogen (secondary N) is 1. The van der Waals surface area contributed by atoms with Gasteiger partial charge in [-0.3, -0.25) is 9.59 Å². The van der Waals surface area contributed by atoms with Crippen LogP contribution in [0.4, 0.5) is 5.69 Å². The summed E-state index contributed by atoms with van der Waals surface area (Å²) >= 11 is 1.54. The molecule has 0 bridgehead atoms. The number of hydrogen-bond donors (Lipinski definition) is 1. The second-order valence-corrected chi connectivity index (χ2v) is 7.31. The van der Waals surface area contributed by atoms with Crippen LogP contribution in [0.1, 0.15) is 41.5 Å². The largest absolute Gasteiger partial charge is 0.337 e. The molecule has 0 saturated carbocycles. The number of benzene rings is 1. The van der Waals surface area contributed by atoms with Crippen LogP contribution < -0.4 is 5.32 Å². The van der Waals surface area contributed by atoms with Crippen LogP contribution in [0.2, 0.25) is 0 Å². The van der Waals surface area contributed by atoms with Crippen LogP contribution in [-0.4, -0.2) is 34.0 Å². The Kier molecular flexibility index (Phi) is 6.94. The van der Waals surface area contributed by atoms with Crippen LogP contribution in [0.15, 0.2) is 29.2 Å². The first-order valence-corrected chi connectivity index (χ1v) is 8.46. The Hall–Kier alpha value is -1.49. The summed E-state index contributed by atoms with van der Waals surface area (Å²) in [6.45, 7) is 11.6. The van der Waals surface area contributed by atoms with Gasteiger partial charge in [0.05, 0.1) is 5.25 Å². The SMILES string of the molecule is CC(=O)Nc1ccc(S[C@H](C)C(=O)N(C(C)C)C(C)C)cc1. The summed E-state index contributed by atoms with van der Waals surface area (Å²) in [7, 11) is 0. The van der Waals surface area contributed by atoms with Crippen LogP contribution in [-0.2, 0) is 9.59 Å². The maximum absolute atomic E-state index is 12.6. The van der Waals surface area contributed by atoms with Crippen molar-refractivity contribution in [3.05, 3.63) is 24.3 Å². The van der Waals surface area contributed by atoms with Crippen LogP contribution >= 0.6 is 11.8 Å².